The largest absolute Gasteiger partial charge is 0.455 e. The molecule has 9 aromatic rings. The van der Waals surface area contributed by atoms with Crippen molar-refractivity contribution in [1.82, 2.24) is 0 Å². The van der Waals surface area contributed by atoms with E-state index in [1.807, 2.05) is 6.07 Å². The van der Waals surface area contributed by atoms with Crippen LogP contribution in [0, 0.1) is 17.8 Å². The van der Waals surface area contributed by atoms with E-state index in [-0.39, 0.29) is 0 Å². The minimum absolute atomic E-state index is 0.371. The number of hydrogen-bond acceptors (Lipinski definition) is 2. The Labute approximate surface area is 340 Å². The number of fused-ring (bicyclic) bond motifs is 4. The highest BCUT2D eigenvalue weighted by Crippen LogP contribution is 2.61. The third kappa shape index (κ3) is 5.53. The zero-order valence-electron chi connectivity index (χ0n) is 32.7. The van der Waals surface area contributed by atoms with E-state index in [2.05, 4.69) is 181 Å². The normalized spacial score (nSPS) is 20.9. The highest BCUT2D eigenvalue weighted by molar-refractivity contribution is 6.10. The van der Waals surface area contributed by atoms with Crippen LogP contribution in [0.1, 0.15) is 44.1 Å². The molecule has 280 valence electrons. The van der Waals surface area contributed by atoms with E-state index in [9.17, 15) is 0 Å². The first kappa shape index (κ1) is 33.7. The molecule has 2 nitrogen and oxygen atoms in total. The van der Waals surface area contributed by atoms with Crippen molar-refractivity contribution < 1.29 is 4.42 Å². The molecule has 0 unspecified atom stereocenters. The Hall–Kier alpha value is -6.38. The summed E-state index contributed by atoms with van der Waals surface area (Å²) in [5, 5.41) is 4.85. The van der Waals surface area contributed by atoms with Gasteiger partial charge in [0.05, 0.1) is 0 Å². The zero-order valence-corrected chi connectivity index (χ0v) is 32.7. The first-order valence-corrected chi connectivity index (χ1v) is 21.2. The number of para-hydroxylation sites is 2. The summed E-state index contributed by atoms with van der Waals surface area (Å²) in [7, 11) is 0. The molecular weight excluding hydrogens is 703 g/mol. The Bertz CT molecular complexity index is 2920. The third-order valence-electron chi connectivity index (χ3n) is 14.0. The Morgan fingerprint density at radius 2 is 0.897 bits per heavy atom. The maximum absolute atomic E-state index is 6.45. The molecule has 58 heavy (non-hydrogen) atoms. The van der Waals surface area contributed by atoms with Gasteiger partial charge in [0.15, 0.2) is 0 Å². The zero-order chi connectivity index (χ0) is 38.2. The second kappa shape index (κ2) is 13.4. The minimum atomic E-state index is 0.371. The van der Waals surface area contributed by atoms with Gasteiger partial charge in [0, 0.05) is 33.4 Å². The number of anilines is 3. The molecule has 0 spiro atoms. The molecule has 4 saturated carbocycles. The fraction of sp³-hybridized carbons (Fsp3) is 0.179. The highest BCUT2D eigenvalue weighted by atomic mass is 16.3. The minimum Gasteiger partial charge on any atom is -0.455 e. The van der Waals surface area contributed by atoms with Crippen LogP contribution in [0.15, 0.2) is 186 Å². The van der Waals surface area contributed by atoms with E-state index in [4.69, 9.17) is 4.42 Å². The number of hydrogen-bond donors (Lipinski definition) is 0. The van der Waals surface area contributed by atoms with Crippen molar-refractivity contribution in [2.45, 2.75) is 43.9 Å². The van der Waals surface area contributed by atoms with Crippen molar-refractivity contribution in [3.8, 4) is 33.4 Å². The van der Waals surface area contributed by atoms with Crippen molar-refractivity contribution in [2.75, 3.05) is 4.90 Å². The van der Waals surface area contributed by atoms with Gasteiger partial charge in [-0.05, 0) is 148 Å². The molecule has 1 heterocycles. The van der Waals surface area contributed by atoms with Gasteiger partial charge in [-0.25, -0.2) is 0 Å². The molecule has 1 aromatic heterocycles. The second-order valence-corrected chi connectivity index (χ2v) is 17.5. The summed E-state index contributed by atoms with van der Waals surface area (Å²) in [5.74, 6) is 2.78. The van der Waals surface area contributed by atoms with Gasteiger partial charge in [-0.15, -0.1) is 0 Å². The van der Waals surface area contributed by atoms with Crippen LogP contribution in [0.5, 0.6) is 0 Å². The maximum Gasteiger partial charge on any atom is 0.143 e. The molecule has 0 atom stereocenters. The van der Waals surface area contributed by atoms with Crippen molar-refractivity contribution in [3.63, 3.8) is 0 Å². The molecule has 8 aromatic carbocycles. The van der Waals surface area contributed by atoms with Crippen LogP contribution in [0.3, 0.4) is 0 Å². The molecular formula is C56H45NO. The SMILES string of the molecule is c1ccc(-c2cccc3cccc(-c4ccc(N(c5ccc(-c6cccc7c6oc6ccccc67)cc5)c5ccc(C67CC8CC(CC(C8)C6)C7)cc5)cc4)c23)cc1. The summed E-state index contributed by atoms with van der Waals surface area (Å²) in [5.41, 5.74) is 14.5. The Balaban J connectivity index is 0.944. The quantitative estimate of drug-likeness (QED) is 0.161. The lowest BCUT2D eigenvalue weighted by atomic mass is 9.48. The van der Waals surface area contributed by atoms with Gasteiger partial charge in [0.2, 0.25) is 0 Å². The number of furan rings is 1. The van der Waals surface area contributed by atoms with Gasteiger partial charge in [0.1, 0.15) is 11.2 Å². The van der Waals surface area contributed by atoms with E-state index < -0.39 is 0 Å². The molecule has 0 aliphatic heterocycles. The van der Waals surface area contributed by atoms with Gasteiger partial charge in [0.25, 0.3) is 0 Å². The summed E-state index contributed by atoms with van der Waals surface area (Å²) < 4.78 is 6.45. The summed E-state index contributed by atoms with van der Waals surface area (Å²) in [6.07, 6.45) is 8.53. The van der Waals surface area contributed by atoms with E-state index in [0.29, 0.717) is 5.41 Å². The van der Waals surface area contributed by atoms with E-state index in [0.717, 1.165) is 62.2 Å². The van der Waals surface area contributed by atoms with Gasteiger partial charge >= 0.3 is 0 Å². The molecule has 0 N–H and O–H groups in total. The molecule has 4 fully saturated rings. The van der Waals surface area contributed by atoms with Crippen LogP contribution in [0.4, 0.5) is 17.1 Å². The van der Waals surface area contributed by atoms with Gasteiger partial charge in [-0.3, -0.25) is 0 Å². The summed E-state index contributed by atoms with van der Waals surface area (Å²) in [6, 6.07) is 66.9. The average molecular weight is 748 g/mol. The van der Waals surface area contributed by atoms with Crippen LogP contribution in [0.25, 0.3) is 66.1 Å². The molecule has 0 saturated heterocycles. The lowest BCUT2D eigenvalue weighted by Gasteiger charge is -2.57. The smallest absolute Gasteiger partial charge is 0.143 e. The predicted octanol–water partition coefficient (Wildman–Crippen LogP) is 15.7. The van der Waals surface area contributed by atoms with Gasteiger partial charge < -0.3 is 9.32 Å². The fourth-order valence-corrected chi connectivity index (χ4v) is 11.9. The summed E-state index contributed by atoms with van der Waals surface area (Å²) in [6.45, 7) is 0. The Morgan fingerprint density at radius 1 is 0.414 bits per heavy atom. The Morgan fingerprint density at radius 3 is 1.52 bits per heavy atom. The third-order valence-corrected chi connectivity index (χ3v) is 14.0. The molecule has 13 rings (SSSR count). The van der Waals surface area contributed by atoms with Crippen molar-refractivity contribution in [2.24, 2.45) is 17.8 Å². The molecule has 4 aliphatic carbocycles. The van der Waals surface area contributed by atoms with E-state index in [1.54, 1.807) is 5.56 Å². The van der Waals surface area contributed by atoms with Crippen LogP contribution in [-0.4, -0.2) is 0 Å². The lowest BCUT2D eigenvalue weighted by molar-refractivity contribution is -0.00518. The fourth-order valence-electron chi connectivity index (χ4n) is 11.9. The van der Waals surface area contributed by atoms with Crippen molar-refractivity contribution >= 4 is 49.8 Å². The summed E-state index contributed by atoms with van der Waals surface area (Å²) >= 11 is 0. The van der Waals surface area contributed by atoms with E-state index in [1.165, 1.54) is 77.2 Å². The molecule has 0 radical (unpaired) electrons. The molecule has 0 amide bonds. The number of benzene rings is 8. The number of nitrogens with zero attached hydrogens (tertiary/aromatic N) is 1. The molecule has 4 bridgehead atoms. The van der Waals surface area contributed by atoms with Gasteiger partial charge in [-0.1, -0.05) is 140 Å². The van der Waals surface area contributed by atoms with Crippen LogP contribution in [-0.2, 0) is 5.41 Å². The first-order valence-electron chi connectivity index (χ1n) is 21.2. The monoisotopic (exact) mass is 747 g/mol. The van der Waals surface area contributed by atoms with Crippen LogP contribution in [0.2, 0.25) is 0 Å². The summed E-state index contributed by atoms with van der Waals surface area (Å²) in [4.78, 5) is 2.43. The predicted molar refractivity (Wildman–Crippen MR) is 242 cm³/mol. The van der Waals surface area contributed by atoms with Gasteiger partial charge in [-0.2, -0.15) is 0 Å². The number of rotatable bonds is 7. The van der Waals surface area contributed by atoms with Crippen LogP contribution >= 0.6 is 0 Å². The highest BCUT2D eigenvalue weighted by Gasteiger charge is 2.51. The molecule has 2 heteroatoms. The standard InChI is InChI=1S/C56H45NO/c1-2-9-40(10-3-1)48-14-6-11-43-12-7-15-49(54(43)48)41-19-25-45(26-20-41)57(47-29-23-44(24-30-47)56-34-37-31-38(35-56)33-39(32-37)36-56)46-27-21-42(22-28-46)50-16-8-17-52-51-13-4-5-18-53(51)58-55(50)52/h1-30,37-39H,31-36H2. The Kier molecular flexibility index (Phi) is 7.76. The maximum atomic E-state index is 6.45. The first-order chi connectivity index (χ1) is 28.7. The van der Waals surface area contributed by atoms with Crippen molar-refractivity contribution in [1.29, 1.82) is 0 Å². The molecule has 4 aliphatic rings. The lowest BCUT2D eigenvalue weighted by Crippen LogP contribution is -2.48. The van der Waals surface area contributed by atoms with Crippen LogP contribution < -0.4 is 4.90 Å². The average Bonchev–Trinajstić information content (AvgIpc) is 3.66. The van der Waals surface area contributed by atoms with Crippen molar-refractivity contribution in [3.05, 3.63) is 188 Å². The second-order valence-electron chi connectivity index (χ2n) is 17.5. The van der Waals surface area contributed by atoms with E-state index >= 15 is 0 Å². The topological polar surface area (TPSA) is 16.4 Å².